The molecule has 1 unspecified atom stereocenters. The molecule has 0 bridgehead atoms. The van der Waals surface area contributed by atoms with Gasteiger partial charge in [0.2, 0.25) is 5.95 Å². The topological polar surface area (TPSA) is 39.1 Å². The lowest BCUT2D eigenvalue weighted by Gasteiger charge is -2.16. The lowest BCUT2D eigenvalue weighted by molar-refractivity contribution is 0.163. The molecule has 0 saturated heterocycles. The summed E-state index contributed by atoms with van der Waals surface area (Å²) in [5.41, 5.74) is 0.651. The van der Waals surface area contributed by atoms with Gasteiger partial charge in [-0.05, 0) is 41.1 Å². The van der Waals surface area contributed by atoms with Crippen LogP contribution in [0.2, 0.25) is 0 Å². The van der Waals surface area contributed by atoms with Crippen LogP contribution in [0.5, 0.6) is 0 Å². The van der Waals surface area contributed by atoms with E-state index in [9.17, 15) is 4.39 Å². The molecule has 0 amide bonds. The van der Waals surface area contributed by atoms with Crippen LogP contribution in [-0.4, -0.2) is 23.3 Å². The highest BCUT2D eigenvalue weighted by Crippen LogP contribution is 2.23. The minimum absolute atomic E-state index is 0.148. The normalized spacial score (nSPS) is 12.4. The van der Waals surface area contributed by atoms with Crippen LogP contribution in [0.3, 0.4) is 0 Å². The zero-order valence-electron chi connectivity index (χ0n) is 10.7. The molecule has 102 valence electrons. The van der Waals surface area contributed by atoms with Crippen molar-refractivity contribution in [3.63, 3.8) is 0 Å². The first-order chi connectivity index (χ1) is 9.11. The summed E-state index contributed by atoms with van der Waals surface area (Å²) >= 11 is 3.13. The molecule has 1 heterocycles. The van der Waals surface area contributed by atoms with Gasteiger partial charge in [0.1, 0.15) is 5.82 Å². The Morgan fingerprint density at radius 2 is 2.32 bits per heavy atom. The molecule has 0 aliphatic heterocycles. The average molecular weight is 328 g/mol. The van der Waals surface area contributed by atoms with Gasteiger partial charge in [0.25, 0.3) is 0 Å². The zero-order chi connectivity index (χ0) is 13.8. The van der Waals surface area contributed by atoms with Gasteiger partial charge in [-0.15, -0.1) is 0 Å². The molecule has 0 aliphatic rings. The van der Waals surface area contributed by atoms with Crippen LogP contribution in [0.25, 0.3) is 0 Å². The minimum atomic E-state index is -0.312. The van der Waals surface area contributed by atoms with Gasteiger partial charge in [-0.25, -0.2) is 9.37 Å². The van der Waals surface area contributed by atoms with Gasteiger partial charge < -0.3 is 14.6 Å². The number of aromatic nitrogens is 2. The number of nitrogens with one attached hydrogen (secondary N) is 1. The van der Waals surface area contributed by atoms with E-state index in [0.29, 0.717) is 22.7 Å². The Balaban J connectivity index is 2.19. The Labute approximate surface area is 119 Å². The van der Waals surface area contributed by atoms with Crippen molar-refractivity contribution in [1.29, 1.82) is 0 Å². The Morgan fingerprint density at radius 1 is 1.53 bits per heavy atom. The van der Waals surface area contributed by atoms with E-state index < -0.39 is 0 Å². The third-order valence-corrected chi connectivity index (χ3v) is 3.37. The predicted molar refractivity (Wildman–Crippen MR) is 76.2 cm³/mol. The lowest BCUT2D eigenvalue weighted by atomic mass is 10.3. The van der Waals surface area contributed by atoms with Crippen molar-refractivity contribution in [3.8, 4) is 0 Å². The fraction of sp³-hybridized carbons (Fsp3) is 0.308. The standard InChI is InChI=1S/C13H15BrFN3O/c1-9(8-19-2)18-6-5-16-13(18)17-10-3-4-11(14)12(15)7-10/h3-7,9H,8H2,1-2H3,(H,16,17). The van der Waals surface area contributed by atoms with E-state index in [1.807, 2.05) is 17.7 Å². The summed E-state index contributed by atoms with van der Waals surface area (Å²) in [5.74, 6) is 0.347. The second-order valence-corrected chi connectivity index (χ2v) is 5.07. The molecule has 1 aromatic heterocycles. The first kappa shape index (κ1) is 14.0. The van der Waals surface area contributed by atoms with E-state index in [4.69, 9.17) is 4.74 Å². The van der Waals surface area contributed by atoms with Gasteiger partial charge in [0, 0.05) is 25.2 Å². The van der Waals surface area contributed by atoms with Crippen molar-refractivity contribution in [2.24, 2.45) is 0 Å². The van der Waals surface area contributed by atoms with Crippen LogP contribution in [0.4, 0.5) is 16.0 Å². The molecule has 1 N–H and O–H groups in total. The van der Waals surface area contributed by atoms with E-state index in [2.05, 4.69) is 26.2 Å². The van der Waals surface area contributed by atoms with Gasteiger partial charge in [-0.2, -0.15) is 0 Å². The predicted octanol–water partition coefficient (Wildman–Crippen LogP) is 3.74. The third kappa shape index (κ3) is 3.33. The molecular formula is C13H15BrFN3O. The van der Waals surface area contributed by atoms with Crippen molar-refractivity contribution in [2.75, 3.05) is 19.0 Å². The van der Waals surface area contributed by atoms with Crippen LogP contribution < -0.4 is 5.32 Å². The average Bonchev–Trinajstić information content (AvgIpc) is 2.82. The largest absolute Gasteiger partial charge is 0.383 e. The monoisotopic (exact) mass is 327 g/mol. The Morgan fingerprint density at radius 3 is 3.00 bits per heavy atom. The molecule has 1 aromatic carbocycles. The van der Waals surface area contributed by atoms with E-state index in [1.165, 1.54) is 6.07 Å². The number of methoxy groups -OCH3 is 1. The van der Waals surface area contributed by atoms with Crippen molar-refractivity contribution in [3.05, 3.63) is 40.9 Å². The van der Waals surface area contributed by atoms with Gasteiger partial charge in [-0.3, -0.25) is 0 Å². The lowest BCUT2D eigenvalue weighted by Crippen LogP contribution is -2.12. The maximum atomic E-state index is 13.5. The number of hydrogen-bond donors (Lipinski definition) is 1. The number of benzene rings is 1. The van der Waals surface area contributed by atoms with Gasteiger partial charge in [0.05, 0.1) is 17.1 Å². The van der Waals surface area contributed by atoms with Crippen LogP contribution in [0.15, 0.2) is 35.1 Å². The Bertz CT molecular complexity index is 559. The smallest absolute Gasteiger partial charge is 0.207 e. The molecule has 6 heteroatoms. The number of rotatable bonds is 5. The van der Waals surface area contributed by atoms with Crippen molar-refractivity contribution in [1.82, 2.24) is 9.55 Å². The second-order valence-electron chi connectivity index (χ2n) is 4.22. The highest BCUT2D eigenvalue weighted by Gasteiger charge is 2.10. The van der Waals surface area contributed by atoms with Crippen molar-refractivity contribution >= 4 is 27.6 Å². The van der Waals surface area contributed by atoms with E-state index in [1.54, 1.807) is 25.4 Å². The molecule has 0 radical (unpaired) electrons. The number of imidazole rings is 1. The quantitative estimate of drug-likeness (QED) is 0.909. The van der Waals surface area contributed by atoms with E-state index in [0.717, 1.165) is 0 Å². The van der Waals surface area contributed by atoms with Gasteiger partial charge in [0.15, 0.2) is 0 Å². The maximum absolute atomic E-state index is 13.5. The summed E-state index contributed by atoms with van der Waals surface area (Å²) in [7, 11) is 1.66. The molecule has 2 aromatic rings. The summed E-state index contributed by atoms with van der Waals surface area (Å²) in [4.78, 5) is 4.23. The van der Waals surface area contributed by atoms with Gasteiger partial charge >= 0.3 is 0 Å². The highest BCUT2D eigenvalue weighted by atomic mass is 79.9. The van der Waals surface area contributed by atoms with Crippen molar-refractivity contribution in [2.45, 2.75) is 13.0 Å². The molecule has 2 rings (SSSR count). The minimum Gasteiger partial charge on any atom is -0.383 e. The van der Waals surface area contributed by atoms with Crippen LogP contribution in [0, 0.1) is 5.82 Å². The van der Waals surface area contributed by atoms with Crippen LogP contribution in [-0.2, 0) is 4.74 Å². The molecule has 0 spiro atoms. The number of hydrogen-bond acceptors (Lipinski definition) is 3. The summed E-state index contributed by atoms with van der Waals surface area (Å²) in [6, 6.07) is 5.01. The molecular weight excluding hydrogens is 313 g/mol. The van der Waals surface area contributed by atoms with Crippen LogP contribution in [0.1, 0.15) is 13.0 Å². The molecule has 1 atom stereocenters. The molecule has 4 nitrogen and oxygen atoms in total. The maximum Gasteiger partial charge on any atom is 0.207 e. The summed E-state index contributed by atoms with van der Waals surface area (Å²) in [6.45, 7) is 2.61. The Kier molecular flexibility index (Phi) is 4.55. The number of ether oxygens (including phenoxy) is 1. The first-order valence-corrected chi connectivity index (χ1v) is 6.65. The number of nitrogens with zero attached hydrogens (tertiary/aromatic N) is 2. The fourth-order valence-corrected chi connectivity index (χ4v) is 2.04. The summed E-state index contributed by atoms with van der Waals surface area (Å²) < 4.78 is 21.0. The molecule has 0 saturated carbocycles. The second kappa shape index (κ2) is 6.16. The van der Waals surface area contributed by atoms with E-state index in [-0.39, 0.29) is 11.9 Å². The van der Waals surface area contributed by atoms with Crippen molar-refractivity contribution < 1.29 is 9.13 Å². The van der Waals surface area contributed by atoms with Gasteiger partial charge in [-0.1, -0.05) is 0 Å². The third-order valence-electron chi connectivity index (χ3n) is 2.73. The zero-order valence-corrected chi connectivity index (χ0v) is 12.3. The number of halogens is 2. The summed E-state index contributed by atoms with van der Waals surface area (Å²) in [5, 5.41) is 3.10. The molecule has 0 fully saturated rings. The highest BCUT2D eigenvalue weighted by molar-refractivity contribution is 9.10. The summed E-state index contributed by atoms with van der Waals surface area (Å²) in [6.07, 6.45) is 3.56. The Hall–Kier alpha value is -1.40. The first-order valence-electron chi connectivity index (χ1n) is 5.85. The SMILES string of the molecule is COCC(C)n1ccnc1Nc1ccc(Br)c(F)c1. The number of anilines is 2. The molecule has 19 heavy (non-hydrogen) atoms. The van der Waals surface area contributed by atoms with E-state index >= 15 is 0 Å². The fourth-order valence-electron chi connectivity index (χ4n) is 1.79. The molecule has 0 aliphatic carbocycles. The van der Waals surface area contributed by atoms with Crippen LogP contribution >= 0.6 is 15.9 Å².